The molecule has 1 rings (SSSR count). The molecule has 0 bridgehead atoms. The maximum atomic E-state index is 11.3. The second-order valence-electron chi connectivity index (χ2n) is 2.63. The molecule has 0 radical (unpaired) electrons. The summed E-state index contributed by atoms with van der Waals surface area (Å²) in [5.41, 5.74) is 0.505. The average Bonchev–Trinajstić information content (AvgIpc) is 2.47. The predicted molar refractivity (Wildman–Crippen MR) is 47.6 cm³/mol. The lowest BCUT2D eigenvalue weighted by Crippen LogP contribution is -1.96. The summed E-state index contributed by atoms with van der Waals surface area (Å²) in [6, 6.07) is 1.61. The zero-order chi connectivity index (χ0) is 8.97. The van der Waals surface area contributed by atoms with Crippen molar-refractivity contribution >= 4 is 17.4 Å². The summed E-state index contributed by atoms with van der Waals surface area (Å²) in [6.07, 6.45) is 3.90. The van der Waals surface area contributed by atoms with Crippen molar-refractivity contribution in [3.05, 3.63) is 23.1 Å². The van der Waals surface area contributed by atoms with Gasteiger partial charge in [-0.25, -0.2) is 0 Å². The summed E-state index contributed by atoms with van der Waals surface area (Å²) in [5, 5.41) is 0.205. The molecule has 0 fully saturated rings. The molecule has 0 unspecified atom stereocenters. The fourth-order valence-electron chi connectivity index (χ4n) is 0.965. The Balaban J connectivity index is 2.59. The summed E-state index contributed by atoms with van der Waals surface area (Å²) in [5.74, 6) is 0.0654. The summed E-state index contributed by atoms with van der Waals surface area (Å²) in [4.78, 5) is 11.3. The van der Waals surface area contributed by atoms with Gasteiger partial charge in [-0.15, -0.1) is 0 Å². The van der Waals surface area contributed by atoms with Crippen LogP contribution in [0.15, 0.2) is 16.7 Å². The van der Waals surface area contributed by atoms with Crippen molar-refractivity contribution in [1.82, 2.24) is 0 Å². The van der Waals surface area contributed by atoms with E-state index in [4.69, 9.17) is 16.0 Å². The van der Waals surface area contributed by atoms with E-state index in [1.807, 2.05) is 6.92 Å². The number of Topliss-reactive ketones (excluding diaryl/α,β-unsaturated/α-hetero) is 1. The number of ketones is 1. The lowest BCUT2D eigenvalue weighted by Gasteiger charge is -1.95. The minimum atomic E-state index is 0.0654. The first kappa shape index (κ1) is 9.33. The van der Waals surface area contributed by atoms with Crippen molar-refractivity contribution in [3.63, 3.8) is 0 Å². The lowest BCUT2D eigenvalue weighted by atomic mass is 10.1. The molecule has 0 saturated carbocycles. The van der Waals surface area contributed by atoms with Gasteiger partial charge in [-0.05, 0) is 24.1 Å². The van der Waals surface area contributed by atoms with E-state index in [2.05, 4.69) is 0 Å². The van der Waals surface area contributed by atoms with Crippen LogP contribution in [0.2, 0.25) is 5.22 Å². The number of furan rings is 1. The van der Waals surface area contributed by atoms with Gasteiger partial charge in [0.1, 0.15) is 0 Å². The number of rotatable bonds is 4. The Morgan fingerprint density at radius 3 is 2.92 bits per heavy atom. The average molecular weight is 187 g/mol. The molecule has 0 saturated heterocycles. The van der Waals surface area contributed by atoms with Crippen LogP contribution in [0, 0.1) is 0 Å². The van der Waals surface area contributed by atoms with E-state index >= 15 is 0 Å². The van der Waals surface area contributed by atoms with Gasteiger partial charge in [0.05, 0.1) is 11.8 Å². The van der Waals surface area contributed by atoms with Crippen LogP contribution in [-0.4, -0.2) is 5.78 Å². The molecule has 0 amide bonds. The van der Waals surface area contributed by atoms with Crippen LogP contribution in [0.4, 0.5) is 0 Å². The van der Waals surface area contributed by atoms with Crippen LogP contribution < -0.4 is 0 Å². The van der Waals surface area contributed by atoms with Gasteiger partial charge >= 0.3 is 0 Å². The number of carbonyl (C=O) groups is 1. The topological polar surface area (TPSA) is 30.2 Å². The highest BCUT2D eigenvalue weighted by Gasteiger charge is 2.11. The number of halogens is 1. The standard InChI is InChI=1S/C9H11ClO2/c1-2-3-4-8(11)7-5-6-12-9(7)10/h5-6H,2-4H2,1H3. The van der Waals surface area contributed by atoms with E-state index in [9.17, 15) is 4.79 Å². The van der Waals surface area contributed by atoms with Crippen LogP contribution in [0.5, 0.6) is 0 Å². The number of unbranched alkanes of at least 4 members (excludes halogenated alkanes) is 1. The van der Waals surface area contributed by atoms with Gasteiger partial charge in [0.15, 0.2) is 5.78 Å². The van der Waals surface area contributed by atoms with Crippen LogP contribution in [0.25, 0.3) is 0 Å². The Kier molecular flexibility index (Phi) is 3.35. The zero-order valence-electron chi connectivity index (χ0n) is 6.97. The molecule has 3 heteroatoms. The Hall–Kier alpha value is -0.760. The summed E-state index contributed by atoms with van der Waals surface area (Å²) >= 11 is 5.63. The molecule has 0 aliphatic carbocycles. The molecule has 2 nitrogen and oxygen atoms in total. The number of carbonyl (C=O) groups excluding carboxylic acids is 1. The quantitative estimate of drug-likeness (QED) is 0.676. The fourth-order valence-corrected chi connectivity index (χ4v) is 1.19. The minimum Gasteiger partial charge on any atom is -0.452 e. The Labute approximate surface area is 76.5 Å². The highest BCUT2D eigenvalue weighted by atomic mass is 35.5. The van der Waals surface area contributed by atoms with Gasteiger partial charge in [0.2, 0.25) is 5.22 Å². The molecule has 0 spiro atoms. The predicted octanol–water partition coefficient (Wildman–Crippen LogP) is 3.31. The van der Waals surface area contributed by atoms with Crippen molar-refractivity contribution in [1.29, 1.82) is 0 Å². The van der Waals surface area contributed by atoms with Gasteiger partial charge in [-0.1, -0.05) is 13.3 Å². The second-order valence-corrected chi connectivity index (χ2v) is 2.98. The van der Waals surface area contributed by atoms with Gasteiger partial charge in [-0.2, -0.15) is 0 Å². The van der Waals surface area contributed by atoms with E-state index in [0.29, 0.717) is 12.0 Å². The molecule has 0 atom stereocenters. The first-order valence-corrected chi connectivity index (χ1v) is 4.39. The van der Waals surface area contributed by atoms with Crippen molar-refractivity contribution in [2.75, 3.05) is 0 Å². The third-order valence-electron chi connectivity index (χ3n) is 1.68. The van der Waals surface area contributed by atoms with E-state index in [1.165, 1.54) is 6.26 Å². The second kappa shape index (κ2) is 4.31. The smallest absolute Gasteiger partial charge is 0.203 e. The summed E-state index contributed by atoms with van der Waals surface area (Å²) < 4.78 is 4.81. The highest BCUT2D eigenvalue weighted by molar-refractivity contribution is 6.32. The van der Waals surface area contributed by atoms with Crippen LogP contribution in [0.1, 0.15) is 36.5 Å². The minimum absolute atomic E-state index is 0.0654. The molecular weight excluding hydrogens is 176 g/mol. The first-order valence-electron chi connectivity index (χ1n) is 4.02. The molecule has 1 aromatic rings. The van der Waals surface area contributed by atoms with Crippen molar-refractivity contribution in [2.24, 2.45) is 0 Å². The van der Waals surface area contributed by atoms with E-state index in [1.54, 1.807) is 6.07 Å². The molecule has 0 aromatic carbocycles. The van der Waals surface area contributed by atoms with Crippen LogP contribution in [-0.2, 0) is 0 Å². The molecular formula is C9H11ClO2. The SMILES string of the molecule is CCCCC(=O)c1ccoc1Cl. The lowest BCUT2D eigenvalue weighted by molar-refractivity contribution is 0.0979. The Bertz CT molecular complexity index is 265. The molecule has 0 aliphatic heterocycles. The Morgan fingerprint density at radius 1 is 1.67 bits per heavy atom. The molecule has 66 valence electrons. The van der Waals surface area contributed by atoms with Crippen molar-refractivity contribution in [3.8, 4) is 0 Å². The van der Waals surface area contributed by atoms with Crippen LogP contribution in [0.3, 0.4) is 0 Å². The van der Waals surface area contributed by atoms with Gasteiger partial charge in [-0.3, -0.25) is 4.79 Å². The van der Waals surface area contributed by atoms with Crippen molar-refractivity contribution < 1.29 is 9.21 Å². The largest absolute Gasteiger partial charge is 0.452 e. The van der Waals surface area contributed by atoms with Gasteiger partial charge in [0.25, 0.3) is 0 Å². The summed E-state index contributed by atoms with van der Waals surface area (Å²) in [6.45, 7) is 2.05. The molecule has 0 aliphatic rings. The highest BCUT2D eigenvalue weighted by Crippen LogP contribution is 2.18. The van der Waals surface area contributed by atoms with Crippen molar-refractivity contribution in [2.45, 2.75) is 26.2 Å². The molecule has 12 heavy (non-hydrogen) atoms. The third-order valence-corrected chi connectivity index (χ3v) is 1.97. The van der Waals surface area contributed by atoms with E-state index in [0.717, 1.165) is 12.8 Å². The molecule has 1 aromatic heterocycles. The van der Waals surface area contributed by atoms with Crippen LogP contribution >= 0.6 is 11.6 Å². The number of hydrogen-bond acceptors (Lipinski definition) is 2. The van der Waals surface area contributed by atoms with Gasteiger partial charge in [0, 0.05) is 6.42 Å². The van der Waals surface area contributed by atoms with Gasteiger partial charge < -0.3 is 4.42 Å². The Morgan fingerprint density at radius 2 is 2.42 bits per heavy atom. The van der Waals surface area contributed by atoms with E-state index in [-0.39, 0.29) is 11.0 Å². The zero-order valence-corrected chi connectivity index (χ0v) is 7.73. The third kappa shape index (κ3) is 2.11. The summed E-state index contributed by atoms with van der Waals surface area (Å²) in [7, 11) is 0. The monoisotopic (exact) mass is 186 g/mol. The maximum absolute atomic E-state index is 11.3. The number of hydrogen-bond donors (Lipinski definition) is 0. The normalized spacial score (nSPS) is 10.2. The fraction of sp³-hybridized carbons (Fsp3) is 0.444. The van der Waals surface area contributed by atoms with E-state index < -0.39 is 0 Å². The molecule has 0 N–H and O–H groups in total. The molecule has 1 heterocycles. The first-order chi connectivity index (χ1) is 5.75. The maximum Gasteiger partial charge on any atom is 0.203 e.